The summed E-state index contributed by atoms with van der Waals surface area (Å²) in [5, 5.41) is 3.37. The fourth-order valence-corrected chi connectivity index (χ4v) is 2.03. The molecule has 3 nitrogen and oxygen atoms in total. The highest BCUT2D eigenvalue weighted by Gasteiger charge is 2.41. The van der Waals surface area contributed by atoms with Crippen LogP contribution in [0.25, 0.3) is 0 Å². The average Bonchev–Trinajstić information content (AvgIpc) is 2.93. The molecule has 1 aliphatic rings. The van der Waals surface area contributed by atoms with Crippen molar-refractivity contribution in [3.05, 3.63) is 0 Å². The highest BCUT2D eigenvalue weighted by atomic mass is 32.2. The zero-order valence-electron chi connectivity index (χ0n) is 8.63. The molecule has 0 unspecified atom stereocenters. The molecule has 0 aliphatic heterocycles. The number of nitrogens with one attached hydrogen (secondary N) is 1. The number of thioether (sulfide) groups is 1. The molecule has 78 valence electrons. The van der Waals surface area contributed by atoms with Gasteiger partial charge in [-0.3, -0.25) is 0 Å². The van der Waals surface area contributed by atoms with Gasteiger partial charge in [-0.1, -0.05) is 0 Å². The minimum absolute atomic E-state index is 0.113. The SMILES string of the molecule is COC(CNCC1(SC)CC1)OC. The quantitative estimate of drug-likeness (QED) is 0.630. The van der Waals surface area contributed by atoms with Gasteiger partial charge in [0.2, 0.25) is 0 Å². The summed E-state index contributed by atoms with van der Waals surface area (Å²) in [6.45, 7) is 1.84. The van der Waals surface area contributed by atoms with E-state index in [2.05, 4.69) is 11.6 Å². The maximum Gasteiger partial charge on any atom is 0.169 e. The van der Waals surface area contributed by atoms with Gasteiger partial charge in [-0.15, -0.1) is 0 Å². The van der Waals surface area contributed by atoms with Crippen LogP contribution in [-0.2, 0) is 9.47 Å². The third-order valence-corrected chi connectivity index (χ3v) is 3.94. The monoisotopic (exact) mass is 205 g/mol. The topological polar surface area (TPSA) is 30.5 Å². The zero-order chi connectivity index (χ0) is 9.73. The van der Waals surface area contributed by atoms with Crippen molar-refractivity contribution in [3.8, 4) is 0 Å². The van der Waals surface area contributed by atoms with E-state index >= 15 is 0 Å². The van der Waals surface area contributed by atoms with Crippen LogP contribution in [0.1, 0.15) is 12.8 Å². The van der Waals surface area contributed by atoms with Crippen LogP contribution in [-0.4, -0.2) is 44.6 Å². The zero-order valence-corrected chi connectivity index (χ0v) is 9.45. The van der Waals surface area contributed by atoms with Crippen LogP contribution in [0.4, 0.5) is 0 Å². The van der Waals surface area contributed by atoms with Crippen molar-refractivity contribution in [1.82, 2.24) is 5.32 Å². The van der Waals surface area contributed by atoms with E-state index in [0.29, 0.717) is 4.75 Å². The maximum absolute atomic E-state index is 5.08. The lowest BCUT2D eigenvalue weighted by atomic mass is 10.4. The summed E-state index contributed by atoms with van der Waals surface area (Å²) in [4.78, 5) is 0. The molecule has 1 fully saturated rings. The molecular formula is C9H19NO2S. The van der Waals surface area contributed by atoms with Crippen molar-refractivity contribution in [2.24, 2.45) is 0 Å². The molecule has 1 rings (SSSR count). The van der Waals surface area contributed by atoms with Crippen molar-refractivity contribution < 1.29 is 9.47 Å². The molecule has 0 aromatic heterocycles. The van der Waals surface area contributed by atoms with Crippen LogP contribution in [0.15, 0.2) is 0 Å². The van der Waals surface area contributed by atoms with Gasteiger partial charge in [-0.25, -0.2) is 0 Å². The van der Waals surface area contributed by atoms with E-state index in [1.165, 1.54) is 12.8 Å². The smallest absolute Gasteiger partial charge is 0.169 e. The van der Waals surface area contributed by atoms with E-state index in [4.69, 9.17) is 9.47 Å². The van der Waals surface area contributed by atoms with E-state index in [-0.39, 0.29) is 6.29 Å². The largest absolute Gasteiger partial charge is 0.355 e. The third kappa shape index (κ3) is 3.46. The van der Waals surface area contributed by atoms with Crippen molar-refractivity contribution in [2.75, 3.05) is 33.6 Å². The molecule has 0 radical (unpaired) electrons. The van der Waals surface area contributed by atoms with Crippen LogP contribution in [0.2, 0.25) is 0 Å². The highest BCUT2D eigenvalue weighted by molar-refractivity contribution is 8.00. The van der Waals surface area contributed by atoms with Crippen LogP contribution < -0.4 is 5.32 Å². The minimum atomic E-state index is -0.113. The maximum atomic E-state index is 5.08. The van der Waals surface area contributed by atoms with Gasteiger partial charge in [0, 0.05) is 32.1 Å². The van der Waals surface area contributed by atoms with E-state index in [0.717, 1.165) is 13.1 Å². The predicted octanol–water partition coefficient (Wildman–Crippen LogP) is 1.09. The standard InChI is InChI=1S/C9H19NO2S/c1-11-8(12-2)6-10-7-9(13-3)4-5-9/h8,10H,4-7H2,1-3H3. The van der Waals surface area contributed by atoms with Gasteiger partial charge in [0.1, 0.15) is 0 Å². The van der Waals surface area contributed by atoms with Crippen molar-refractivity contribution >= 4 is 11.8 Å². The first-order chi connectivity index (χ1) is 6.26. The normalized spacial score (nSPS) is 19.4. The van der Waals surface area contributed by atoms with E-state index in [1.807, 2.05) is 11.8 Å². The Bertz CT molecular complexity index is 147. The molecule has 0 atom stereocenters. The van der Waals surface area contributed by atoms with Gasteiger partial charge in [0.15, 0.2) is 6.29 Å². The summed E-state index contributed by atoms with van der Waals surface area (Å²) in [6.07, 6.45) is 4.74. The molecule has 1 saturated carbocycles. The van der Waals surface area contributed by atoms with Crippen molar-refractivity contribution in [3.63, 3.8) is 0 Å². The second-order valence-corrected chi connectivity index (χ2v) is 4.69. The Morgan fingerprint density at radius 1 is 1.38 bits per heavy atom. The molecule has 0 aromatic carbocycles. The fraction of sp³-hybridized carbons (Fsp3) is 1.00. The van der Waals surface area contributed by atoms with Gasteiger partial charge < -0.3 is 14.8 Å². The second kappa shape index (κ2) is 5.20. The van der Waals surface area contributed by atoms with Crippen LogP contribution in [0.3, 0.4) is 0 Å². The first kappa shape index (κ1) is 11.3. The van der Waals surface area contributed by atoms with E-state index < -0.39 is 0 Å². The Morgan fingerprint density at radius 3 is 2.38 bits per heavy atom. The molecule has 0 saturated heterocycles. The van der Waals surface area contributed by atoms with Gasteiger partial charge in [0.05, 0.1) is 0 Å². The lowest BCUT2D eigenvalue weighted by molar-refractivity contribution is -0.0986. The molecular weight excluding hydrogens is 186 g/mol. The van der Waals surface area contributed by atoms with Crippen molar-refractivity contribution in [2.45, 2.75) is 23.9 Å². The summed E-state index contributed by atoms with van der Waals surface area (Å²) >= 11 is 1.96. The first-order valence-corrected chi connectivity index (χ1v) is 5.80. The minimum Gasteiger partial charge on any atom is -0.355 e. The van der Waals surface area contributed by atoms with Crippen LogP contribution >= 0.6 is 11.8 Å². The Balaban J connectivity index is 2.06. The highest BCUT2D eigenvalue weighted by Crippen LogP contribution is 2.46. The lowest BCUT2D eigenvalue weighted by Gasteiger charge is -2.17. The molecule has 0 aromatic rings. The number of hydrogen-bond acceptors (Lipinski definition) is 4. The van der Waals surface area contributed by atoms with Gasteiger partial charge in [-0.05, 0) is 19.1 Å². The Hall–Kier alpha value is 0.230. The average molecular weight is 205 g/mol. The lowest BCUT2D eigenvalue weighted by Crippen LogP contribution is -2.34. The van der Waals surface area contributed by atoms with E-state index in [9.17, 15) is 0 Å². The van der Waals surface area contributed by atoms with Crippen molar-refractivity contribution in [1.29, 1.82) is 0 Å². The Labute approximate surface area is 84.6 Å². The molecule has 0 spiro atoms. The van der Waals surface area contributed by atoms with Crippen LogP contribution in [0.5, 0.6) is 0 Å². The number of hydrogen-bond donors (Lipinski definition) is 1. The van der Waals surface area contributed by atoms with Gasteiger partial charge in [0.25, 0.3) is 0 Å². The molecule has 1 N–H and O–H groups in total. The molecule has 0 amide bonds. The van der Waals surface area contributed by atoms with E-state index in [1.54, 1.807) is 14.2 Å². The third-order valence-electron chi connectivity index (χ3n) is 2.52. The molecule has 0 heterocycles. The Kier molecular flexibility index (Phi) is 4.52. The molecule has 0 bridgehead atoms. The summed E-state index contributed by atoms with van der Waals surface area (Å²) in [5.74, 6) is 0. The number of rotatable bonds is 7. The number of ether oxygens (including phenoxy) is 2. The molecule has 13 heavy (non-hydrogen) atoms. The fourth-order valence-electron chi connectivity index (χ4n) is 1.27. The van der Waals surface area contributed by atoms with Crippen LogP contribution in [0, 0.1) is 0 Å². The summed E-state index contributed by atoms with van der Waals surface area (Å²) in [7, 11) is 3.33. The summed E-state index contributed by atoms with van der Waals surface area (Å²) in [5.41, 5.74) is 0. The number of methoxy groups -OCH3 is 2. The van der Waals surface area contributed by atoms with Gasteiger partial charge in [-0.2, -0.15) is 11.8 Å². The first-order valence-electron chi connectivity index (χ1n) is 4.58. The Morgan fingerprint density at radius 2 is 2.00 bits per heavy atom. The second-order valence-electron chi connectivity index (χ2n) is 3.42. The summed E-state index contributed by atoms with van der Waals surface area (Å²) < 4.78 is 10.7. The predicted molar refractivity (Wildman–Crippen MR) is 56.2 cm³/mol. The molecule has 1 aliphatic carbocycles. The van der Waals surface area contributed by atoms with Gasteiger partial charge >= 0.3 is 0 Å². The summed E-state index contributed by atoms with van der Waals surface area (Å²) in [6, 6.07) is 0. The molecule has 4 heteroatoms.